The Labute approximate surface area is 89.3 Å². The minimum atomic E-state index is 0. The van der Waals surface area contributed by atoms with Crippen molar-refractivity contribution in [2.24, 2.45) is 23.7 Å². The van der Waals surface area contributed by atoms with E-state index in [1.165, 1.54) is 23.7 Å². The number of hydrogen-bond acceptors (Lipinski definition) is 0. The van der Waals surface area contributed by atoms with E-state index in [1.54, 1.807) is 38.5 Å². The molecule has 0 aromatic carbocycles. The molecule has 0 atom stereocenters. The van der Waals surface area contributed by atoms with Crippen LogP contribution in [0.5, 0.6) is 0 Å². The summed E-state index contributed by atoms with van der Waals surface area (Å²) in [6.45, 7) is 0. The molecule has 4 bridgehead atoms. The van der Waals surface area contributed by atoms with E-state index < -0.39 is 0 Å². The van der Waals surface area contributed by atoms with E-state index in [0.29, 0.717) is 0 Å². The fourth-order valence-corrected chi connectivity index (χ4v) is 3.98. The second kappa shape index (κ2) is 3.00. The van der Waals surface area contributed by atoms with Gasteiger partial charge in [0.2, 0.25) is 0 Å². The molecule has 2 radical (unpaired) electrons. The molecule has 4 fully saturated rings. The Morgan fingerprint density at radius 1 is 0.455 bits per heavy atom. The molecule has 0 spiro atoms. The van der Waals surface area contributed by atoms with Crippen molar-refractivity contribution in [2.45, 2.75) is 38.5 Å². The zero-order valence-corrected chi connectivity index (χ0v) is 12.8. The molecule has 62 valence electrons. The van der Waals surface area contributed by atoms with E-state index in [0.717, 1.165) is 0 Å². The van der Waals surface area contributed by atoms with Crippen LogP contribution in [0.3, 0.4) is 0 Å². The molecule has 0 unspecified atom stereocenters. The molecule has 4 aliphatic rings. The minimum absolute atomic E-state index is 0. The zero-order valence-electron chi connectivity index (χ0n) is 7.26. The molecule has 4 aliphatic carbocycles. The fraction of sp³-hybridized carbons (Fsp3) is 1.00. The summed E-state index contributed by atoms with van der Waals surface area (Å²) < 4.78 is 0. The van der Waals surface area contributed by atoms with Gasteiger partial charge in [-0.3, -0.25) is 0 Å². The topological polar surface area (TPSA) is 0 Å². The van der Waals surface area contributed by atoms with Crippen LogP contribution in [0.25, 0.3) is 0 Å². The normalized spacial score (nSPS) is 52.4. The first-order chi connectivity index (χ1) is 4.90. The molecule has 4 rings (SSSR count). The SMILES string of the molecule is C1C2CC3CC1CC(C2)C3.[PbH2]. The van der Waals surface area contributed by atoms with Crippen LogP contribution >= 0.6 is 0 Å². The van der Waals surface area contributed by atoms with E-state index in [2.05, 4.69) is 0 Å². The standard InChI is InChI=1S/C10H16.Pb.2H/c1-7-2-9-4-8(1)5-10(3-7)6-9;;;/h7-10H,1-6H2;;;. The van der Waals surface area contributed by atoms with Crippen LogP contribution in [0.2, 0.25) is 0 Å². The molecule has 0 aromatic heterocycles. The van der Waals surface area contributed by atoms with Crippen molar-refractivity contribution in [1.29, 1.82) is 0 Å². The van der Waals surface area contributed by atoms with E-state index in [4.69, 9.17) is 0 Å². The Morgan fingerprint density at radius 3 is 0.818 bits per heavy atom. The van der Waals surface area contributed by atoms with Crippen LogP contribution in [0.15, 0.2) is 0 Å². The Hall–Kier alpha value is 0.922. The summed E-state index contributed by atoms with van der Waals surface area (Å²) in [5.74, 6) is 4.71. The molecule has 0 aliphatic heterocycles. The van der Waals surface area contributed by atoms with Crippen molar-refractivity contribution in [3.05, 3.63) is 0 Å². The first kappa shape index (κ1) is 8.52. The predicted octanol–water partition coefficient (Wildman–Crippen LogP) is 1.92. The average Bonchev–Trinajstić information content (AvgIpc) is 1.82. The summed E-state index contributed by atoms with van der Waals surface area (Å²) >= 11 is 0. The van der Waals surface area contributed by atoms with Crippen molar-refractivity contribution >= 4 is 27.3 Å². The van der Waals surface area contributed by atoms with Crippen LogP contribution in [-0.2, 0) is 0 Å². The third kappa shape index (κ3) is 1.40. The maximum atomic E-state index is 1.60. The molecule has 0 nitrogen and oxygen atoms in total. The van der Waals surface area contributed by atoms with Gasteiger partial charge in [-0.15, -0.1) is 0 Å². The number of hydrogen-bond donors (Lipinski definition) is 0. The number of rotatable bonds is 0. The summed E-state index contributed by atoms with van der Waals surface area (Å²) in [5.41, 5.74) is 0. The van der Waals surface area contributed by atoms with Crippen molar-refractivity contribution < 1.29 is 0 Å². The molecule has 0 amide bonds. The van der Waals surface area contributed by atoms with E-state index >= 15 is 0 Å². The third-order valence-corrected chi connectivity index (χ3v) is 4.00. The van der Waals surface area contributed by atoms with Crippen molar-refractivity contribution in [1.82, 2.24) is 0 Å². The quantitative estimate of drug-likeness (QED) is 0.589. The predicted molar refractivity (Wildman–Crippen MR) is 50.2 cm³/mol. The average molecular weight is 345 g/mol. The van der Waals surface area contributed by atoms with Gasteiger partial charge in [0, 0.05) is 0 Å². The Balaban J connectivity index is 0.000000480. The third-order valence-electron chi connectivity index (χ3n) is 4.00. The second-order valence-electron chi connectivity index (χ2n) is 4.88. The molecule has 0 aromatic rings. The van der Waals surface area contributed by atoms with Crippen LogP contribution in [0, 0.1) is 23.7 Å². The molecule has 0 heterocycles. The second-order valence-corrected chi connectivity index (χ2v) is 4.88. The summed E-state index contributed by atoms with van der Waals surface area (Å²) in [4.78, 5) is 0. The maximum absolute atomic E-state index is 1.60. The molecule has 11 heavy (non-hydrogen) atoms. The molecule has 4 saturated carbocycles. The Kier molecular flexibility index (Phi) is 2.33. The van der Waals surface area contributed by atoms with Gasteiger partial charge < -0.3 is 0 Å². The van der Waals surface area contributed by atoms with E-state index in [-0.39, 0.29) is 27.3 Å². The van der Waals surface area contributed by atoms with Gasteiger partial charge in [-0.25, -0.2) is 0 Å². The van der Waals surface area contributed by atoms with Crippen LogP contribution in [0.4, 0.5) is 0 Å². The molecule has 1 heteroatoms. The molecular formula is C10H18Pb. The van der Waals surface area contributed by atoms with Gasteiger partial charge in [0.15, 0.2) is 0 Å². The molecule has 0 saturated heterocycles. The monoisotopic (exact) mass is 346 g/mol. The summed E-state index contributed by atoms with van der Waals surface area (Å²) in [6.07, 6.45) is 9.62. The molecule has 0 N–H and O–H groups in total. The van der Waals surface area contributed by atoms with Gasteiger partial charge in [-0.1, -0.05) is 0 Å². The van der Waals surface area contributed by atoms with Crippen LogP contribution < -0.4 is 0 Å². The Morgan fingerprint density at radius 2 is 0.636 bits per heavy atom. The summed E-state index contributed by atoms with van der Waals surface area (Å²) in [6, 6.07) is 0. The molecular weight excluding hydrogens is 327 g/mol. The van der Waals surface area contributed by atoms with Crippen molar-refractivity contribution in [3.8, 4) is 0 Å². The van der Waals surface area contributed by atoms with Gasteiger partial charge in [0.25, 0.3) is 0 Å². The van der Waals surface area contributed by atoms with Crippen molar-refractivity contribution in [3.63, 3.8) is 0 Å². The van der Waals surface area contributed by atoms with Crippen LogP contribution in [-0.4, -0.2) is 27.3 Å². The van der Waals surface area contributed by atoms with Gasteiger partial charge in [0.1, 0.15) is 0 Å². The van der Waals surface area contributed by atoms with Gasteiger partial charge in [-0.2, -0.15) is 0 Å². The van der Waals surface area contributed by atoms with Crippen LogP contribution in [0.1, 0.15) is 38.5 Å². The zero-order chi connectivity index (χ0) is 6.55. The Bertz CT molecular complexity index is 96.4. The fourth-order valence-electron chi connectivity index (χ4n) is 3.98. The first-order valence-corrected chi connectivity index (χ1v) is 4.90. The van der Waals surface area contributed by atoms with Crippen molar-refractivity contribution in [2.75, 3.05) is 0 Å². The summed E-state index contributed by atoms with van der Waals surface area (Å²) in [5, 5.41) is 0. The van der Waals surface area contributed by atoms with E-state index in [9.17, 15) is 0 Å². The van der Waals surface area contributed by atoms with E-state index in [1.807, 2.05) is 0 Å². The summed E-state index contributed by atoms with van der Waals surface area (Å²) in [7, 11) is 0. The first-order valence-electron chi connectivity index (χ1n) is 4.90. The van der Waals surface area contributed by atoms with Gasteiger partial charge in [0.05, 0.1) is 0 Å². The van der Waals surface area contributed by atoms with Gasteiger partial charge >= 0.3 is 27.3 Å². The van der Waals surface area contributed by atoms with Gasteiger partial charge in [-0.05, 0) is 62.2 Å².